The van der Waals surface area contributed by atoms with Gasteiger partial charge in [-0.05, 0) is 24.3 Å². The highest BCUT2D eigenvalue weighted by atomic mass is 32.2. The summed E-state index contributed by atoms with van der Waals surface area (Å²) in [7, 11) is -0.593. The van der Waals surface area contributed by atoms with Crippen LogP contribution < -0.4 is 14.5 Å². The van der Waals surface area contributed by atoms with Crippen molar-refractivity contribution in [3.63, 3.8) is 0 Å². The lowest BCUT2D eigenvalue weighted by Gasteiger charge is -2.36. The zero-order valence-electron chi connectivity index (χ0n) is 14.3. The predicted octanol–water partition coefficient (Wildman–Crippen LogP) is 1.02. The van der Waals surface area contributed by atoms with E-state index in [1.54, 1.807) is 18.5 Å². The van der Waals surface area contributed by atoms with Crippen LogP contribution >= 0.6 is 0 Å². The second-order valence-electron chi connectivity index (χ2n) is 5.95. The molecule has 1 fully saturated rings. The lowest BCUT2D eigenvalue weighted by molar-refractivity contribution is 0.526. The zero-order chi connectivity index (χ0) is 17.9. The molecule has 0 amide bonds. The van der Waals surface area contributed by atoms with Crippen molar-refractivity contribution in [2.75, 3.05) is 54.8 Å². The summed E-state index contributed by atoms with van der Waals surface area (Å²) < 4.78 is 27.2. The van der Waals surface area contributed by atoms with Crippen LogP contribution in [0.25, 0.3) is 0 Å². The largest absolute Gasteiger partial charge is 0.367 e. The molecule has 0 aromatic carbocycles. The molecule has 3 rings (SSSR count). The lowest BCUT2D eigenvalue weighted by Crippen LogP contribution is -2.46. The van der Waals surface area contributed by atoms with Crippen molar-refractivity contribution in [1.29, 1.82) is 0 Å². The molecular formula is C16H22N6O2S. The maximum atomic E-state index is 11.8. The highest BCUT2D eigenvalue weighted by Gasteiger charge is 2.19. The average Bonchev–Trinajstić information content (AvgIpc) is 2.63. The Labute approximate surface area is 148 Å². The van der Waals surface area contributed by atoms with E-state index in [2.05, 4.69) is 24.5 Å². The van der Waals surface area contributed by atoms with Crippen LogP contribution in [0.4, 0.5) is 17.3 Å². The number of nitrogens with one attached hydrogen (secondary N) is 1. The fourth-order valence-corrected chi connectivity index (χ4v) is 3.16. The summed E-state index contributed by atoms with van der Waals surface area (Å²) >= 11 is 0. The molecular weight excluding hydrogens is 340 g/mol. The first-order valence-corrected chi connectivity index (χ1v) is 9.47. The van der Waals surface area contributed by atoms with E-state index in [-0.39, 0.29) is 0 Å². The summed E-state index contributed by atoms with van der Waals surface area (Å²) in [4.78, 5) is 13.1. The second-order valence-corrected chi connectivity index (χ2v) is 7.84. The number of rotatable bonds is 5. The van der Waals surface area contributed by atoms with Gasteiger partial charge in [0.05, 0.1) is 11.9 Å². The first-order chi connectivity index (χ1) is 12.0. The van der Waals surface area contributed by atoms with E-state index in [1.807, 2.05) is 24.3 Å². The molecule has 2 aromatic heterocycles. The quantitative estimate of drug-likeness (QED) is 0.855. The fraction of sp³-hybridized carbons (Fsp3) is 0.375. The van der Waals surface area contributed by atoms with Gasteiger partial charge in [0, 0.05) is 46.5 Å². The van der Waals surface area contributed by atoms with Gasteiger partial charge in [-0.25, -0.2) is 9.97 Å². The predicted molar refractivity (Wildman–Crippen MR) is 99.1 cm³/mol. The van der Waals surface area contributed by atoms with Crippen LogP contribution in [0.5, 0.6) is 0 Å². The van der Waals surface area contributed by atoms with E-state index in [9.17, 15) is 8.42 Å². The van der Waals surface area contributed by atoms with Crippen molar-refractivity contribution in [3.05, 3.63) is 42.7 Å². The summed E-state index contributed by atoms with van der Waals surface area (Å²) in [5.41, 5.74) is 0.980. The molecule has 0 spiro atoms. The molecule has 0 bridgehead atoms. The number of aromatic nitrogens is 2. The molecule has 0 atom stereocenters. The maximum absolute atomic E-state index is 11.8. The van der Waals surface area contributed by atoms with Crippen molar-refractivity contribution in [3.8, 4) is 0 Å². The number of nitrogens with zero attached hydrogens (tertiary/aromatic N) is 5. The van der Waals surface area contributed by atoms with Crippen molar-refractivity contribution >= 4 is 27.5 Å². The van der Waals surface area contributed by atoms with Gasteiger partial charge in [0.2, 0.25) is 0 Å². The molecule has 1 aliphatic heterocycles. The molecule has 1 aliphatic rings. The van der Waals surface area contributed by atoms with E-state index >= 15 is 0 Å². The van der Waals surface area contributed by atoms with E-state index in [4.69, 9.17) is 0 Å². The second kappa shape index (κ2) is 7.24. The van der Waals surface area contributed by atoms with Crippen LogP contribution in [0, 0.1) is 0 Å². The SMILES string of the molecule is CN(C)S(=O)(=O)Nc1ccc(N2CCN(c3ccccn3)CC2)cn1. The molecule has 25 heavy (non-hydrogen) atoms. The molecule has 8 nitrogen and oxygen atoms in total. The minimum Gasteiger partial charge on any atom is -0.367 e. The normalized spacial score (nSPS) is 15.5. The van der Waals surface area contributed by atoms with Gasteiger partial charge >= 0.3 is 10.2 Å². The summed E-state index contributed by atoms with van der Waals surface area (Å²) in [6.07, 6.45) is 3.50. The minimum absolute atomic E-state index is 0.310. The van der Waals surface area contributed by atoms with Crippen LogP contribution in [0.3, 0.4) is 0 Å². The number of anilines is 3. The van der Waals surface area contributed by atoms with E-state index in [1.165, 1.54) is 14.1 Å². The van der Waals surface area contributed by atoms with Crippen LogP contribution in [0.15, 0.2) is 42.7 Å². The third-order valence-corrected chi connectivity index (χ3v) is 5.51. The molecule has 9 heteroatoms. The third kappa shape index (κ3) is 4.18. The van der Waals surface area contributed by atoms with Gasteiger partial charge < -0.3 is 9.80 Å². The molecule has 0 saturated carbocycles. The Hall–Kier alpha value is -2.39. The van der Waals surface area contributed by atoms with Gasteiger partial charge in [-0.2, -0.15) is 12.7 Å². The van der Waals surface area contributed by atoms with E-state index < -0.39 is 10.2 Å². The minimum atomic E-state index is -3.53. The van der Waals surface area contributed by atoms with Crippen LogP contribution in [-0.2, 0) is 10.2 Å². The average molecular weight is 362 g/mol. The molecule has 3 heterocycles. The molecule has 0 unspecified atom stereocenters. The summed E-state index contributed by atoms with van der Waals surface area (Å²) in [6, 6.07) is 9.49. The standard InChI is InChI=1S/C16H22N6O2S/c1-20(2)25(23,24)19-15-7-6-14(13-18-15)21-9-11-22(12-10-21)16-5-3-4-8-17-16/h3-8,13H,9-12H2,1-2H3,(H,18,19). The van der Waals surface area contributed by atoms with E-state index in [0.29, 0.717) is 5.82 Å². The number of hydrogen-bond donors (Lipinski definition) is 1. The van der Waals surface area contributed by atoms with Crippen molar-refractivity contribution in [1.82, 2.24) is 14.3 Å². The number of hydrogen-bond acceptors (Lipinski definition) is 6. The molecule has 0 aliphatic carbocycles. The Morgan fingerprint density at radius 2 is 1.72 bits per heavy atom. The summed E-state index contributed by atoms with van der Waals surface area (Å²) in [5.74, 6) is 1.30. The van der Waals surface area contributed by atoms with Gasteiger partial charge in [-0.15, -0.1) is 0 Å². The Morgan fingerprint density at radius 3 is 2.28 bits per heavy atom. The van der Waals surface area contributed by atoms with Gasteiger partial charge in [-0.3, -0.25) is 4.72 Å². The highest BCUT2D eigenvalue weighted by molar-refractivity contribution is 7.90. The van der Waals surface area contributed by atoms with Gasteiger partial charge in [0.15, 0.2) is 0 Å². The highest BCUT2D eigenvalue weighted by Crippen LogP contribution is 2.20. The fourth-order valence-electron chi connectivity index (χ4n) is 2.59. The van der Waals surface area contributed by atoms with Crippen molar-refractivity contribution < 1.29 is 8.42 Å². The molecule has 2 aromatic rings. The molecule has 1 saturated heterocycles. The third-order valence-electron chi connectivity index (χ3n) is 4.08. The Morgan fingerprint density at radius 1 is 1.00 bits per heavy atom. The van der Waals surface area contributed by atoms with Crippen molar-refractivity contribution in [2.45, 2.75) is 0 Å². The number of pyridine rings is 2. The van der Waals surface area contributed by atoms with E-state index in [0.717, 1.165) is 42.0 Å². The molecule has 0 radical (unpaired) electrons. The Bertz CT molecular complexity index is 787. The van der Waals surface area contributed by atoms with Gasteiger partial charge in [0.25, 0.3) is 0 Å². The smallest absolute Gasteiger partial charge is 0.302 e. The lowest BCUT2D eigenvalue weighted by atomic mass is 10.2. The summed E-state index contributed by atoms with van der Waals surface area (Å²) in [6.45, 7) is 3.49. The van der Waals surface area contributed by atoms with Crippen LogP contribution in [0.2, 0.25) is 0 Å². The van der Waals surface area contributed by atoms with Gasteiger partial charge in [0.1, 0.15) is 11.6 Å². The first-order valence-electron chi connectivity index (χ1n) is 8.03. The molecule has 1 N–H and O–H groups in total. The maximum Gasteiger partial charge on any atom is 0.302 e. The monoisotopic (exact) mass is 362 g/mol. The van der Waals surface area contributed by atoms with Crippen LogP contribution in [-0.4, -0.2) is 63.0 Å². The Balaban J connectivity index is 1.61. The van der Waals surface area contributed by atoms with Gasteiger partial charge in [-0.1, -0.05) is 6.07 Å². The topological polar surface area (TPSA) is 81.7 Å². The summed E-state index contributed by atoms with van der Waals surface area (Å²) in [5, 5.41) is 0. The van der Waals surface area contributed by atoms with Crippen LogP contribution in [0.1, 0.15) is 0 Å². The molecule has 134 valence electrons. The first kappa shape index (κ1) is 17.4. The van der Waals surface area contributed by atoms with Crippen molar-refractivity contribution in [2.24, 2.45) is 0 Å². The Kier molecular flexibility index (Phi) is 5.05. The zero-order valence-corrected chi connectivity index (χ0v) is 15.1. The number of piperazine rings is 1.